The van der Waals surface area contributed by atoms with E-state index in [0.29, 0.717) is 17.7 Å². The molecule has 0 radical (unpaired) electrons. The zero-order valence-electron chi connectivity index (χ0n) is 16.9. The highest BCUT2D eigenvalue weighted by Crippen LogP contribution is 2.12. The quantitative estimate of drug-likeness (QED) is 0.478. The first kappa shape index (κ1) is 21.0. The number of carbonyl (C=O) groups excluding carboxylic acids is 3. The fourth-order valence-electron chi connectivity index (χ4n) is 2.83. The summed E-state index contributed by atoms with van der Waals surface area (Å²) in [6.07, 6.45) is -0.937. The average molecular weight is 401 g/mol. The van der Waals surface area contributed by atoms with Gasteiger partial charge in [-0.25, -0.2) is 4.79 Å². The lowest BCUT2D eigenvalue weighted by molar-refractivity contribution is -0.129. The third-order valence-corrected chi connectivity index (χ3v) is 4.66. The molecule has 5 nitrogen and oxygen atoms in total. The average Bonchev–Trinajstić information content (AvgIpc) is 2.78. The highest BCUT2D eigenvalue weighted by Gasteiger charge is 2.19. The number of hydrogen-bond acceptors (Lipinski definition) is 4. The second-order valence-corrected chi connectivity index (χ2v) is 7.02. The van der Waals surface area contributed by atoms with Crippen LogP contribution in [0.2, 0.25) is 0 Å². The van der Waals surface area contributed by atoms with Gasteiger partial charge in [-0.05, 0) is 31.5 Å². The zero-order chi connectivity index (χ0) is 21.5. The van der Waals surface area contributed by atoms with E-state index in [1.54, 1.807) is 36.4 Å². The van der Waals surface area contributed by atoms with Gasteiger partial charge >= 0.3 is 5.97 Å². The lowest BCUT2D eigenvalue weighted by Gasteiger charge is -2.14. The van der Waals surface area contributed by atoms with Crippen molar-refractivity contribution < 1.29 is 19.1 Å². The second kappa shape index (κ2) is 9.65. The summed E-state index contributed by atoms with van der Waals surface area (Å²) in [5, 5.41) is 2.76. The van der Waals surface area contributed by atoms with Gasteiger partial charge in [0, 0.05) is 17.7 Å². The molecule has 0 bridgehead atoms. The summed E-state index contributed by atoms with van der Waals surface area (Å²) in [4.78, 5) is 37.0. The highest BCUT2D eigenvalue weighted by atomic mass is 16.5. The summed E-state index contributed by atoms with van der Waals surface area (Å²) >= 11 is 0. The van der Waals surface area contributed by atoms with Crippen molar-refractivity contribution in [3.63, 3.8) is 0 Å². The molecule has 0 spiro atoms. The molecule has 0 aliphatic heterocycles. The minimum absolute atomic E-state index is 0.126. The first-order valence-corrected chi connectivity index (χ1v) is 9.68. The number of ketones is 1. The highest BCUT2D eigenvalue weighted by molar-refractivity contribution is 6.09. The fraction of sp³-hybridized carbons (Fsp3) is 0.160. The van der Waals surface area contributed by atoms with Crippen LogP contribution < -0.4 is 5.32 Å². The molecule has 3 aromatic rings. The Bertz CT molecular complexity index is 1030. The first-order valence-electron chi connectivity index (χ1n) is 9.68. The molecule has 0 heterocycles. The van der Waals surface area contributed by atoms with Gasteiger partial charge in [-0.3, -0.25) is 9.59 Å². The molecule has 1 atom stereocenters. The van der Waals surface area contributed by atoms with E-state index in [2.05, 4.69) is 5.32 Å². The standard InChI is InChI=1S/C25H23NO4/c1-17-8-10-19(11-9-17)16-26-24(28)18(2)30-25(29)22-14-12-21(13-15-22)23(27)20-6-4-3-5-7-20/h3-15,18H,16H2,1-2H3,(H,26,28)/t18-/m0/s1. The molecule has 0 aliphatic rings. The molecule has 1 amide bonds. The van der Waals surface area contributed by atoms with Crippen LogP contribution in [-0.4, -0.2) is 23.8 Å². The summed E-state index contributed by atoms with van der Waals surface area (Å²) in [5.74, 6) is -1.12. The number of esters is 1. The maximum Gasteiger partial charge on any atom is 0.338 e. The minimum Gasteiger partial charge on any atom is -0.449 e. The third-order valence-electron chi connectivity index (χ3n) is 4.66. The Hall–Kier alpha value is -3.73. The molecule has 0 unspecified atom stereocenters. The first-order chi connectivity index (χ1) is 14.4. The van der Waals surface area contributed by atoms with Gasteiger partial charge in [0.25, 0.3) is 5.91 Å². The van der Waals surface area contributed by atoms with Crippen LogP contribution in [0.5, 0.6) is 0 Å². The van der Waals surface area contributed by atoms with E-state index in [4.69, 9.17) is 4.74 Å². The Balaban J connectivity index is 1.55. The van der Waals surface area contributed by atoms with Crippen LogP contribution in [0.15, 0.2) is 78.9 Å². The molecule has 3 rings (SSSR count). The molecule has 0 saturated heterocycles. The molecular formula is C25H23NO4. The molecule has 5 heteroatoms. The van der Waals surface area contributed by atoms with Crippen molar-refractivity contribution >= 4 is 17.7 Å². The number of benzene rings is 3. The summed E-state index contributed by atoms with van der Waals surface area (Å²) in [5.41, 5.74) is 3.43. The van der Waals surface area contributed by atoms with Gasteiger partial charge < -0.3 is 10.1 Å². The Morgan fingerprint density at radius 2 is 1.37 bits per heavy atom. The van der Waals surface area contributed by atoms with Crippen molar-refractivity contribution in [3.8, 4) is 0 Å². The molecule has 0 saturated carbocycles. The topological polar surface area (TPSA) is 72.5 Å². The molecule has 30 heavy (non-hydrogen) atoms. The summed E-state index contributed by atoms with van der Waals surface area (Å²) in [7, 11) is 0. The largest absolute Gasteiger partial charge is 0.449 e. The van der Waals surface area contributed by atoms with E-state index < -0.39 is 12.1 Å². The van der Waals surface area contributed by atoms with E-state index in [0.717, 1.165) is 11.1 Å². The summed E-state index contributed by atoms with van der Waals surface area (Å²) < 4.78 is 5.25. The van der Waals surface area contributed by atoms with E-state index in [1.807, 2.05) is 37.3 Å². The lowest BCUT2D eigenvalue weighted by atomic mass is 10.0. The van der Waals surface area contributed by atoms with Gasteiger partial charge in [-0.2, -0.15) is 0 Å². The van der Waals surface area contributed by atoms with Crippen LogP contribution in [0.1, 0.15) is 44.3 Å². The van der Waals surface area contributed by atoms with Crippen molar-refractivity contribution in [3.05, 3.63) is 107 Å². The van der Waals surface area contributed by atoms with Gasteiger partial charge in [0.1, 0.15) is 0 Å². The maximum atomic E-state index is 12.4. The van der Waals surface area contributed by atoms with Gasteiger partial charge in [0.2, 0.25) is 0 Å². The van der Waals surface area contributed by atoms with E-state index in [1.165, 1.54) is 19.1 Å². The molecule has 0 fully saturated rings. The SMILES string of the molecule is Cc1ccc(CNC(=O)[C@H](C)OC(=O)c2ccc(C(=O)c3ccccc3)cc2)cc1. The monoisotopic (exact) mass is 401 g/mol. The molecular weight excluding hydrogens is 378 g/mol. The smallest absolute Gasteiger partial charge is 0.338 e. The number of nitrogens with one attached hydrogen (secondary N) is 1. The Kier molecular flexibility index (Phi) is 6.75. The van der Waals surface area contributed by atoms with Gasteiger partial charge in [-0.15, -0.1) is 0 Å². The molecule has 0 aromatic heterocycles. The van der Waals surface area contributed by atoms with Gasteiger partial charge in [-0.1, -0.05) is 72.3 Å². The van der Waals surface area contributed by atoms with E-state index in [9.17, 15) is 14.4 Å². The van der Waals surface area contributed by atoms with Crippen molar-refractivity contribution in [2.24, 2.45) is 0 Å². The Labute approximate surface area is 175 Å². The predicted molar refractivity (Wildman–Crippen MR) is 114 cm³/mol. The van der Waals surface area contributed by atoms with Crippen molar-refractivity contribution in [1.29, 1.82) is 0 Å². The van der Waals surface area contributed by atoms with Crippen LogP contribution in [0, 0.1) is 6.92 Å². The number of rotatable bonds is 7. The number of carbonyl (C=O) groups is 3. The predicted octanol–water partition coefficient (Wildman–Crippen LogP) is 4.09. The number of amides is 1. The van der Waals surface area contributed by atoms with Crippen molar-refractivity contribution in [1.82, 2.24) is 5.32 Å². The minimum atomic E-state index is -0.937. The molecule has 0 aliphatic carbocycles. The number of aryl methyl sites for hydroxylation is 1. The number of hydrogen-bond donors (Lipinski definition) is 1. The normalized spacial score (nSPS) is 11.4. The van der Waals surface area contributed by atoms with Crippen LogP contribution in [0.4, 0.5) is 0 Å². The van der Waals surface area contributed by atoms with E-state index in [-0.39, 0.29) is 17.3 Å². The van der Waals surface area contributed by atoms with Crippen LogP contribution in [-0.2, 0) is 16.1 Å². The molecule has 1 N–H and O–H groups in total. The Morgan fingerprint density at radius 3 is 2.00 bits per heavy atom. The number of ether oxygens (including phenoxy) is 1. The maximum absolute atomic E-state index is 12.4. The van der Waals surface area contributed by atoms with E-state index >= 15 is 0 Å². The van der Waals surface area contributed by atoms with Gasteiger partial charge in [0.05, 0.1) is 5.56 Å². The van der Waals surface area contributed by atoms with Crippen LogP contribution in [0.3, 0.4) is 0 Å². The van der Waals surface area contributed by atoms with Crippen molar-refractivity contribution in [2.45, 2.75) is 26.5 Å². The zero-order valence-corrected chi connectivity index (χ0v) is 16.9. The molecule has 152 valence electrons. The van der Waals surface area contributed by atoms with Crippen LogP contribution in [0.25, 0.3) is 0 Å². The summed E-state index contributed by atoms with van der Waals surface area (Å²) in [6, 6.07) is 22.9. The lowest BCUT2D eigenvalue weighted by Crippen LogP contribution is -2.35. The molecule has 3 aromatic carbocycles. The van der Waals surface area contributed by atoms with Gasteiger partial charge in [0.15, 0.2) is 11.9 Å². The Morgan fingerprint density at radius 1 is 0.800 bits per heavy atom. The second-order valence-electron chi connectivity index (χ2n) is 7.02. The van der Waals surface area contributed by atoms with Crippen LogP contribution >= 0.6 is 0 Å². The fourth-order valence-corrected chi connectivity index (χ4v) is 2.83. The summed E-state index contributed by atoms with van der Waals surface area (Å²) in [6.45, 7) is 3.88. The van der Waals surface area contributed by atoms with Crippen molar-refractivity contribution in [2.75, 3.05) is 0 Å². The third kappa shape index (κ3) is 5.41.